The molecule has 1 saturated heterocycles. The number of hydrazine groups is 1. The second kappa shape index (κ2) is 17.6. The summed E-state index contributed by atoms with van der Waals surface area (Å²) in [5.41, 5.74) is 7.92. The van der Waals surface area contributed by atoms with E-state index in [0.717, 1.165) is 83.3 Å². The van der Waals surface area contributed by atoms with Crippen LogP contribution < -0.4 is 36.4 Å². The number of nitrogens with zero attached hydrogens (tertiary/aromatic N) is 2. The number of anilines is 2. The van der Waals surface area contributed by atoms with Crippen LogP contribution in [0.1, 0.15) is 95.2 Å². The van der Waals surface area contributed by atoms with E-state index in [0.29, 0.717) is 40.9 Å². The Morgan fingerprint density at radius 3 is 2.61 bits per heavy atom. The molecule has 0 amide bonds. The Hall–Kier alpha value is -3.86. The molecule has 1 fully saturated rings. The fraction of sp³-hybridized carbons (Fsp3) is 0.463. The fourth-order valence-corrected chi connectivity index (χ4v) is 7.88. The Kier molecular flexibility index (Phi) is 13.2. The molecule has 3 unspecified atom stereocenters. The Labute approximate surface area is 306 Å². The number of fused-ring (bicyclic) bond motifs is 1. The average molecular weight is 716 g/mol. The summed E-state index contributed by atoms with van der Waals surface area (Å²) in [6.45, 7) is 14.2. The lowest BCUT2D eigenvalue weighted by Crippen LogP contribution is -2.32. The van der Waals surface area contributed by atoms with Gasteiger partial charge < -0.3 is 15.4 Å². The fourth-order valence-electron chi connectivity index (χ4n) is 6.99. The van der Waals surface area contributed by atoms with Crippen LogP contribution in [0.3, 0.4) is 0 Å². The number of ether oxygens (including phenoxy) is 1. The van der Waals surface area contributed by atoms with E-state index in [4.69, 9.17) is 9.73 Å². The highest BCUT2D eigenvalue weighted by atomic mass is 32.2. The standard InChI is InChI=1S/C41H54FN5O3S/c1-8-10-11-29-12-13-30(20-32(29)23-44-28(6)45-33-16-18-43-19-17-33)39-26(4)37(15-14-36(39)42)46-47(49)38-22-31(25(3)9-2)21-34-35(24-50-40(34)38)41(51-7)27(5)48/h11-15,20-23,25,33,35,41,43,46,49H,8-10,16-19,24H2,1-7H3,(H,44,45)/b29-11+,32-23-. The second-order valence-corrected chi connectivity index (χ2v) is 14.8. The predicted molar refractivity (Wildman–Crippen MR) is 211 cm³/mol. The number of piperidine rings is 1. The molecular weight excluding hydrogens is 662 g/mol. The van der Waals surface area contributed by atoms with Gasteiger partial charge in [-0.05, 0) is 123 Å². The summed E-state index contributed by atoms with van der Waals surface area (Å²) in [6, 6.07) is 13.4. The zero-order valence-electron chi connectivity index (χ0n) is 31.1. The number of halogens is 1. The van der Waals surface area contributed by atoms with Crippen LogP contribution in [0.5, 0.6) is 5.75 Å². The van der Waals surface area contributed by atoms with E-state index in [9.17, 15) is 10.0 Å². The number of aliphatic imine (C=N–C) groups is 1. The zero-order valence-corrected chi connectivity index (χ0v) is 31.9. The summed E-state index contributed by atoms with van der Waals surface area (Å²) >= 11 is 1.52. The second-order valence-electron chi connectivity index (χ2n) is 13.8. The van der Waals surface area contributed by atoms with Gasteiger partial charge in [-0.25, -0.2) is 4.39 Å². The highest BCUT2D eigenvalue weighted by molar-refractivity contribution is 8.00. The van der Waals surface area contributed by atoms with Crippen LogP contribution in [0, 0.1) is 12.7 Å². The monoisotopic (exact) mass is 715 g/mol. The minimum Gasteiger partial charge on any atom is -0.490 e. The zero-order chi connectivity index (χ0) is 36.7. The number of carbonyl (C=O) groups is 1. The van der Waals surface area contributed by atoms with Gasteiger partial charge in [0.2, 0.25) is 0 Å². The molecule has 10 heteroatoms. The summed E-state index contributed by atoms with van der Waals surface area (Å²) in [5.74, 6) is 1.25. The van der Waals surface area contributed by atoms with E-state index >= 15 is 4.39 Å². The third-order valence-electron chi connectivity index (χ3n) is 10.1. The molecule has 4 N–H and O–H groups in total. The van der Waals surface area contributed by atoms with Crippen molar-refractivity contribution in [1.29, 1.82) is 0 Å². The molecule has 2 heterocycles. The molecule has 3 atom stereocenters. The van der Waals surface area contributed by atoms with Crippen molar-refractivity contribution in [1.82, 2.24) is 10.6 Å². The number of nitrogens with one attached hydrogen (secondary N) is 3. The lowest BCUT2D eigenvalue weighted by atomic mass is 9.89. The number of carbonyl (C=O) groups excluding carboxylic acids is 1. The molecule has 51 heavy (non-hydrogen) atoms. The number of ketones is 1. The van der Waals surface area contributed by atoms with Crippen molar-refractivity contribution in [3.63, 3.8) is 0 Å². The molecule has 0 saturated carbocycles. The minimum atomic E-state index is -0.353. The highest BCUT2D eigenvalue weighted by Gasteiger charge is 2.37. The first-order chi connectivity index (χ1) is 24.6. The number of hydrogen-bond donors (Lipinski definition) is 4. The SMILES string of the molecule is CCC/C=c1\ccc(-c2c(F)ccc(NN(O)c3cc(C(C)CC)cc4c3OCC4C(SC)C(C)=O)c2C)c\c1=C\NC(C)=NC1CCNCC1. The summed E-state index contributed by atoms with van der Waals surface area (Å²) in [6.07, 6.45) is 11.0. The minimum absolute atomic E-state index is 0.0983. The topological polar surface area (TPSA) is 98.2 Å². The molecule has 0 aromatic heterocycles. The number of benzene rings is 3. The average Bonchev–Trinajstić information content (AvgIpc) is 3.54. The van der Waals surface area contributed by atoms with Gasteiger partial charge in [0.1, 0.15) is 17.3 Å². The number of unbranched alkanes of at least 4 members (excludes halogenated alkanes) is 1. The lowest BCUT2D eigenvalue weighted by molar-refractivity contribution is -0.116. The van der Waals surface area contributed by atoms with Gasteiger partial charge in [0.05, 0.1) is 29.4 Å². The highest BCUT2D eigenvalue weighted by Crippen LogP contribution is 2.47. The van der Waals surface area contributed by atoms with Crippen molar-refractivity contribution in [2.75, 3.05) is 36.6 Å². The number of Topliss-reactive ketones (excluding diaryl/α,β-unsaturated/α-hetero) is 1. The van der Waals surface area contributed by atoms with Gasteiger partial charge in [-0.15, -0.1) is 0 Å². The Balaban J connectivity index is 1.50. The van der Waals surface area contributed by atoms with Gasteiger partial charge in [0, 0.05) is 23.2 Å². The number of thioether (sulfide) groups is 1. The van der Waals surface area contributed by atoms with Crippen molar-refractivity contribution in [2.45, 2.75) is 96.8 Å². The van der Waals surface area contributed by atoms with Crippen LogP contribution in [0.25, 0.3) is 23.4 Å². The molecular formula is C41H54FN5O3S. The van der Waals surface area contributed by atoms with E-state index in [1.807, 2.05) is 50.6 Å². The number of rotatable bonds is 13. The maximum Gasteiger partial charge on any atom is 0.150 e. The first-order valence-corrected chi connectivity index (χ1v) is 19.6. The smallest absolute Gasteiger partial charge is 0.150 e. The van der Waals surface area contributed by atoms with Crippen LogP contribution in [-0.4, -0.2) is 54.1 Å². The molecule has 274 valence electrons. The maximum atomic E-state index is 15.8. The van der Waals surface area contributed by atoms with Crippen LogP contribution >= 0.6 is 11.8 Å². The summed E-state index contributed by atoms with van der Waals surface area (Å²) in [7, 11) is 0. The van der Waals surface area contributed by atoms with E-state index in [1.54, 1.807) is 13.0 Å². The van der Waals surface area contributed by atoms with Gasteiger partial charge in [-0.3, -0.25) is 20.4 Å². The van der Waals surface area contributed by atoms with Crippen LogP contribution in [0.15, 0.2) is 47.5 Å². The van der Waals surface area contributed by atoms with Gasteiger partial charge >= 0.3 is 0 Å². The largest absolute Gasteiger partial charge is 0.490 e. The molecule has 0 bridgehead atoms. The summed E-state index contributed by atoms with van der Waals surface area (Å²) in [5, 5.41) is 21.1. The molecule has 3 aromatic carbocycles. The van der Waals surface area contributed by atoms with Crippen molar-refractivity contribution >= 4 is 47.0 Å². The molecule has 0 aliphatic carbocycles. The van der Waals surface area contributed by atoms with Crippen LogP contribution in [-0.2, 0) is 4.79 Å². The van der Waals surface area contributed by atoms with Crippen molar-refractivity contribution in [3.8, 4) is 16.9 Å². The third-order valence-corrected chi connectivity index (χ3v) is 11.3. The maximum absolute atomic E-state index is 15.8. The molecule has 2 aliphatic heterocycles. The van der Waals surface area contributed by atoms with Crippen LogP contribution in [0.2, 0.25) is 0 Å². The molecule has 3 aromatic rings. The van der Waals surface area contributed by atoms with Gasteiger partial charge in [-0.2, -0.15) is 16.9 Å². The van der Waals surface area contributed by atoms with E-state index < -0.39 is 0 Å². The molecule has 0 spiro atoms. The Morgan fingerprint density at radius 1 is 1.16 bits per heavy atom. The molecule has 5 rings (SSSR count). The molecule has 8 nitrogen and oxygen atoms in total. The normalized spacial score (nSPS) is 18.3. The molecule has 0 radical (unpaired) electrons. The first kappa shape index (κ1) is 38.4. The van der Waals surface area contributed by atoms with Gasteiger partial charge in [0.25, 0.3) is 0 Å². The number of hydrogen-bond acceptors (Lipinski definition) is 8. The predicted octanol–water partition coefficient (Wildman–Crippen LogP) is 7.41. The van der Waals surface area contributed by atoms with Crippen molar-refractivity contribution in [2.24, 2.45) is 4.99 Å². The third kappa shape index (κ3) is 8.96. The van der Waals surface area contributed by atoms with Crippen molar-refractivity contribution in [3.05, 3.63) is 75.4 Å². The molecule has 2 aliphatic rings. The lowest BCUT2D eigenvalue weighted by Gasteiger charge is -2.25. The van der Waals surface area contributed by atoms with E-state index in [1.165, 1.54) is 17.8 Å². The summed E-state index contributed by atoms with van der Waals surface area (Å²) in [4.78, 5) is 17.4. The first-order valence-electron chi connectivity index (χ1n) is 18.3. The van der Waals surface area contributed by atoms with E-state index in [-0.39, 0.29) is 28.7 Å². The summed E-state index contributed by atoms with van der Waals surface area (Å²) < 4.78 is 21.9. The quantitative estimate of drug-likeness (QED) is 0.0826. The van der Waals surface area contributed by atoms with Gasteiger partial charge in [-0.1, -0.05) is 51.5 Å². The Bertz CT molecular complexity index is 1860. The van der Waals surface area contributed by atoms with E-state index in [2.05, 4.69) is 49.0 Å². The van der Waals surface area contributed by atoms with Crippen LogP contribution in [0.4, 0.5) is 15.8 Å². The Morgan fingerprint density at radius 2 is 1.92 bits per heavy atom. The number of amidine groups is 1. The van der Waals surface area contributed by atoms with Crippen molar-refractivity contribution < 1.29 is 19.1 Å². The van der Waals surface area contributed by atoms with Gasteiger partial charge in [0.15, 0.2) is 5.75 Å².